The Hall–Kier alpha value is -0.670. The Balaban J connectivity index is 3.60. The van der Waals surface area contributed by atoms with Crippen molar-refractivity contribution in [3.05, 3.63) is 5.82 Å². The zero-order chi connectivity index (χ0) is 15.1. The minimum atomic E-state index is -4.07. The van der Waals surface area contributed by atoms with Gasteiger partial charge in [-0.05, 0) is 20.3 Å². The van der Waals surface area contributed by atoms with Crippen LogP contribution in [-0.4, -0.2) is 37.9 Å². The van der Waals surface area contributed by atoms with Gasteiger partial charge in [0, 0.05) is 23.5 Å². The fourth-order valence-electron chi connectivity index (χ4n) is 1.51. The van der Waals surface area contributed by atoms with Crippen LogP contribution in [0.25, 0.3) is 0 Å². The quantitative estimate of drug-likeness (QED) is 0.744. The summed E-state index contributed by atoms with van der Waals surface area (Å²) in [6, 6.07) is 0. The summed E-state index contributed by atoms with van der Waals surface area (Å²) in [7, 11) is -2.29. The summed E-state index contributed by atoms with van der Waals surface area (Å²) in [6.45, 7) is 4.98. The van der Waals surface area contributed by atoms with Gasteiger partial charge in [-0.1, -0.05) is 6.92 Å². The Morgan fingerprint density at radius 1 is 1.21 bits per heavy atom. The number of hydrogen-bond donors (Lipinski definition) is 0. The summed E-state index contributed by atoms with van der Waals surface area (Å²) in [5, 5.41) is 6.80. The van der Waals surface area contributed by atoms with Crippen LogP contribution in [0.3, 0.4) is 0 Å². The van der Waals surface area contributed by atoms with E-state index in [2.05, 4.69) is 10.2 Å². The molecule has 0 fully saturated rings. The van der Waals surface area contributed by atoms with Crippen molar-refractivity contribution in [3.8, 4) is 0 Å². The summed E-state index contributed by atoms with van der Waals surface area (Å²) in [6.07, 6.45) is 1.65. The van der Waals surface area contributed by atoms with E-state index in [4.69, 9.17) is 10.7 Å². The van der Waals surface area contributed by atoms with E-state index in [1.165, 1.54) is 18.4 Å². The lowest BCUT2D eigenvalue weighted by Gasteiger charge is -2.22. The molecule has 0 N–H and O–H groups in total. The number of halogens is 1. The van der Waals surface area contributed by atoms with Gasteiger partial charge in [-0.3, -0.25) is 4.57 Å². The van der Waals surface area contributed by atoms with Crippen LogP contribution in [-0.2, 0) is 30.2 Å². The second-order valence-electron chi connectivity index (χ2n) is 4.68. The highest BCUT2D eigenvalue weighted by atomic mass is 35.7. The van der Waals surface area contributed by atoms with Crippen LogP contribution in [0.1, 0.15) is 33.0 Å². The highest BCUT2D eigenvalue weighted by Gasteiger charge is 2.39. The van der Waals surface area contributed by atoms with Crippen molar-refractivity contribution in [3.63, 3.8) is 0 Å². The van der Waals surface area contributed by atoms with Gasteiger partial charge >= 0.3 is 0 Å². The molecule has 110 valence electrons. The van der Waals surface area contributed by atoms with Gasteiger partial charge in [-0.2, -0.15) is 0 Å². The molecule has 19 heavy (non-hydrogen) atoms. The first kappa shape index (κ1) is 16.4. The molecular formula is C9H16ClN3O4S2. The molecule has 10 heteroatoms. The molecule has 0 amide bonds. The first-order chi connectivity index (χ1) is 8.43. The van der Waals surface area contributed by atoms with Crippen LogP contribution in [0.4, 0.5) is 0 Å². The normalized spacial score (nSPS) is 13.7. The van der Waals surface area contributed by atoms with Crippen molar-refractivity contribution >= 4 is 29.6 Å². The maximum atomic E-state index is 11.8. The van der Waals surface area contributed by atoms with Gasteiger partial charge in [0.2, 0.25) is 0 Å². The predicted octanol–water partition coefficient (Wildman–Crippen LogP) is 0.895. The van der Waals surface area contributed by atoms with E-state index < -0.39 is 28.8 Å². The molecule has 0 saturated heterocycles. The van der Waals surface area contributed by atoms with Crippen molar-refractivity contribution in [1.29, 1.82) is 0 Å². The minimum absolute atomic E-state index is 0.0658. The second kappa shape index (κ2) is 5.02. The second-order valence-corrected chi connectivity index (χ2v) is 9.70. The van der Waals surface area contributed by atoms with E-state index in [1.54, 1.807) is 0 Å². The van der Waals surface area contributed by atoms with Gasteiger partial charge in [-0.25, -0.2) is 16.8 Å². The van der Waals surface area contributed by atoms with Gasteiger partial charge in [0.25, 0.3) is 14.2 Å². The highest BCUT2D eigenvalue weighted by Crippen LogP contribution is 2.29. The molecule has 0 spiro atoms. The number of rotatable bonds is 5. The molecule has 0 radical (unpaired) electrons. The van der Waals surface area contributed by atoms with E-state index in [0.29, 0.717) is 6.42 Å². The highest BCUT2D eigenvalue weighted by molar-refractivity contribution is 8.13. The van der Waals surface area contributed by atoms with Crippen molar-refractivity contribution in [2.24, 2.45) is 0 Å². The summed E-state index contributed by atoms with van der Waals surface area (Å²) >= 11 is 0. The average molecular weight is 330 g/mol. The van der Waals surface area contributed by atoms with Crippen LogP contribution < -0.4 is 0 Å². The zero-order valence-corrected chi connectivity index (χ0v) is 13.5. The zero-order valence-electron chi connectivity index (χ0n) is 11.1. The summed E-state index contributed by atoms with van der Waals surface area (Å²) in [5.74, 6) is 0.0658. The molecule has 0 aliphatic heterocycles. The van der Waals surface area contributed by atoms with E-state index in [1.807, 2.05) is 6.92 Å². The fourth-order valence-corrected chi connectivity index (χ4v) is 2.91. The smallest absolute Gasteiger partial charge is 0.296 e. The predicted molar refractivity (Wildman–Crippen MR) is 71.2 cm³/mol. The first-order valence-electron chi connectivity index (χ1n) is 5.51. The molecule has 0 saturated carbocycles. The molecule has 1 heterocycles. The van der Waals surface area contributed by atoms with Crippen molar-refractivity contribution in [2.75, 3.05) is 6.26 Å². The molecule has 1 aromatic rings. The summed E-state index contributed by atoms with van der Waals surface area (Å²) < 4.78 is 46.3. The Labute approximate surface area is 117 Å². The molecule has 1 rings (SSSR count). The Morgan fingerprint density at radius 3 is 2.11 bits per heavy atom. The molecule has 0 aliphatic rings. The van der Waals surface area contributed by atoms with Crippen LogP contribution >= 0.6 is 10.7 Å². The van der Waals surface area contributed by atoms with E-state index in [-0.39, 0.29) is 12.4 Å². The molecule has 0 bridgehead atoms. The van der Waals surface area contributed by atoms with Gasteiger partial charge in [0.1, 0.15) is 4.75 Å². The van der Waals surface area contributed by atoms with Crippen LogP contribution in [0.2, 0.25) is 0 Å². The molecule has 1 aromatic heterocycles. The Bertz CT molecular complexity index is 676. The van der Waals surface area contributed by atoms with Gasteiger partial charge in [0.15, 0.2) is 15.7 Å². The van der Waals surface area contributed by atoms with E-state index in [9.17, 15) is 16.8 Å². The molecule has 0 unspecified atom stereocenters. The molecule has 7 nitrogen and oxygen atoms in total. The number of nitrogens with zero attached hydrogens (tertiary/aromatic N) is 3. The first-order valence-corrected chi connectivity index (χ1v) is 9.71. The Morgan fingerprint density at radius 2 is 1.74 bits per heavy atom. The lowest BCUT2D eigenvalue weighted by atomic mass is 10.2. The fraction of sp³-hybridized carbons (Fsp3) is 0.778. The maximum Gasteiger partial charge on any atom is 0.296 e. The largest absolute Gasteiger partial charge is 0.300 e. The molecule has 0 aromatic carbocycles. The van der Waals surface area contributed by atoms with Crippen molar-refractivity contribution in [2.45, 2.75) is 43.6 Å². The number of sulfone groups is 1. The lowest BCUT2D eigenvalue weighted by Crippen LogP contribution is -2.32. The summed E-state index contributed by atoms with van der Waals surface area (Å²) in [5.41, 5.74) is 0. The molecule has 0 atom stereocenters. The average Bonchev–Trinajstić information content (AvgIpc) is 2.60. The van der Waals surface area contributed by atoms with Crippen molar-refractivity contribution < 1.29 is 16.8 Å². The topological polar surface area (TPSA) is 99.0 Å². The van der Waals surface area contributed by atoms with Crippen LogP contribution in [0, 0.1) is 0 Å². The number of aromatic nitrogens is 3. The molecular weight excluding hydrogens is 314 g/mol. The van der Waals surface area contributed by atoms with Crippen LogP contribution in [0.15, 0.2) is 5.16 Å². The maximum absolute atomic E-state index is 11.8. The third-order valence-electron chi connectivity index (χ3n) is 2.85. The van der Waals surface area contributed by atoms with E-state index in [0.717, 1.165) is 6.26 Å². The SMILES string of the molecule is CCCn1c(C(C)(C)S(C)(=O)=O)nnc1S(=O)(=O)Cl. The lowest BCUT2D eigenvalue weighted by molar-refractivity contribution is 0.506. The number of hydrogen-bond acceptors (Lipinski definition) is 6. The van der Waals surface area contributed by atoms with Crippen molar-refractivity contribution in [1.82, 2.24) is 14.8 Å². The van der Waals surface area contributed by atoms with Crippen LogP contribution in [0.5, 0.6) is 0 Å². The standard InChI is InChI=1S/C9H16ClN3O4S2/c1-5-6-13-7(9(2,3)18(4,14)15)11-12-8(13)19(10,16)17/h5-6H2,1-4H3. The molecule has 0 aliphatic carbocycles. The van der Waals surface area contributed by atoms with E-state index >= 15 is 0 Å². The van der Waals surface area contributed by atoms with Gasteiger partial charge in [0.05, 0.1) is 0 Å². The monoisotopic (exact) mass is 329 g/mol. The third-order valence-corrected chi connectivity index (χ3v) is 6.04. The summed E-state index contributed by atoms with van der Waals surface area (Å²) in [4.78, 5) is 0. The van der Waals surface area contributed by atoms with Gasteiger partial charge < -0.3 is 0 Å². The Kier molecular flexibility index (Phi) is 4.33. The third kappa shape index (κ3) is 3.09. The van der Waals surface area contributed by atoms with Gasteiger partial charge in [-0.15, -0.1) is 10.2 Å². The minimum Gasteiger partial charge on any atom is -0.300 e.